The van der Waals surface area contributed by atoms with Gasteiger partial charge in [0.05, 0.1) is 0 Å². The molecule has 5 aromatic rings. The monoisotopic (exact) mass is 469 g/mol. The van der Waals surface area contributed by atoms with E-state index in [1.165, 1.54) is 15.7 Å². The van der Waals surface area contributed by atoms with E-state index in [-0.39, 0.29) is 11.8 Å². The molecule has 152 valence electrons. The highest BCUT2D eigenvalue weighted by Crippen LogP contribution is 2.44. The molecule has 4 heteroatoms. The lowest BCUT2D eigenvalue weighted by Gasteiger charge is -2.28. The minimum atomic E-state index is -0.169. The van der Waals surface area contributed by atoms with Crippen molar-refractivity contribution >= 4 is 70.8 Å². The van der Waals surface area contributed by atoms with Crippen LogP contribution in [0.1, 0.15) is 46.9 Å². The first-order chi connectivity index (χ1) is 15.1. The lowest BCUT2D eigenvalue weighted by molar-refractivity contribution is 0.0608. The molecule has 5 aromatic carbocycles. The van der Waals surface area contributed by atoms with Gasteiger partial charge in [0.1, 0.15) is 0 Å². The van der Waals surface area contributed by atoms with E-state index >= 15 is 0 Å². The van der Waals surface area contributed by atoms with Crippen molar-refractivity contribution < 1.29 is 9.59 Å². The Hall–Kier alpha value is -2.98. The molecule has 2 amide bonds. The van der Waals surface area contributed by atoms with Gasteiger partial charge in [-0.25, -0.2) is 0 Å². The van der Waals surface area contributed by atoms with Crippen molar-refractivity contribution in [2.45, 2.75) is 26.2 Å². The number of rotatable bonds is 4. The highest BCUT2D eigenvalue weighted by atomic mass is 79.9. The van der Waals surface area contributed by atoms with Gasteiger partial charge >= 0.3 is 0 Å². The number of benzene rings is 5. The van der Waals surface area contributed by atoms with E-state index in [4.69, 9.17) is 0 Å². The van der Waals surface area contributed by atoms with Crippen LogP contribution in [0.2, 0.25) is 0 Å². The van der Waals surface area contributed by atoms with Gasteiger partial charge in [-0.15, -0.1) is 0 Å². The van der Waals surface area contributed by atoms with Crippen LogP contribution in [0.3, 0.4) is 0 Å². The molecular formula is C27H20BrNO2. The molecule has 0 aliphatic carbocycles. The Labute approximate surface area is 188 Å². The molecule has 0 atom stereocenters. The van der Waals surface area contributed by atoms with Gasteiger partial charge < -0.3 is 0 Å². The topological polar surface area (TPSA) is 37.4 Å². The van der Waals surface area contributed by atoms with Crippen molar-refractivity contribution in [1.29, 1.82) is 0 Å². The predicted octanol–water partition coefficient (Wildman–Crippen LogP) is 7.29. The highest BCUT2D eigenvalue weighted by Gasteiger charge is 2.33. The van der Waals surface area contributed by atoms with Crippen LogP contribution >= 0.6 is 15.9 Å². The van der Waals surface area contributed by atoms with Crippen molar-refractivity contribution in [2.24, 2.45) is 0 Å². The molecule has 0 saturated carbocycles. The summed E-state index contributed by atoms with van der Waals surface area (Å²) >= 11 is 3.69. The van der Waals surface area contributed by atoms with Crippen LogP contribution in [0, 0.1) is 0 Å². The maximum atomic E-state index is 13.3. The largest absolute Gasteiger partial charge is 0.274 e. The van der Waals surface area contributed by atoms with Crippen LogP contribution in [0.5, 0.6) is 0 Å². The predicted molar refractivity (Wildman–Crippen MR) is 130 cm³/mol. The number of carbonyl (C=O) groups excluding carboxylic acids is 2. The minimum absolute atomic E-state index is 0.169. The fourth-order valence-electron chi connectivity index (χ4n) is 5.23. The van der Waals surface area contributed by atoms with Crippen molar-refractivity contribution in [3.8, 4) is 0 Å². The number of nitrogens with zero attached hydrogens (tertiary/aromatic N) is 1. The van der Waals surface area contributed by atoms with Gasteiger partial charge in [0.15, 0.2) is 0 Å². The minimum Gasteiger partial charge on any atom is -0.274 e. The molecule has 0 bridgehead atoms. The molecule has 3 nitrogen and oxygen atoms in total. The smallest absolute Gasteiger partial charge is 0.261 e. The first-order valence-corrected chi connectivity index (χ1v) is 11.6. The third-order valence-corrected chi connectivity index (χ3v) is 7.36. The Balaban J connectivity index is 1.72. The van der Waals surface area contributed by atoms with E-state index in [0.717, 1.165) is 56.1 Å². The van der Waals surface area contributed by atoms with E-state index in [1.807, 2.05) is 12.1 Å². The maximum Gasteiger partial charge on any atom is 0.261 e. The molecule has 0 unspecified atom stereocenters. The zero-order valence-corrected chi connectivity index (χ0v) is 18.8. The molecule has 1 aliphatic rings. The van der Waals surface area contributed by atoms with Crippen LogP contribution in [0.15, 0.2) is 59.1 Å². The van der Waals surface area contributed by atoms with Crippen molar-refractivity contribution in [3.05, 3.63) is 70.2 Å². The Morgan fingerprint density at radius 3 is 1.94 bits per heavy atom. The number of fused-ring (bicyclic) bond motifs is 2. The summed E-state index contributed by atoms with van der Waals surface area (Å²) < 4.78 is 1.07. The lowest BCUT2D eigenvalue weighted by atomic mass is 9.85. The summed E-state index contributed by atoms with van der Waals surface area (Å²) in [5.74, 6) is -0.339. The number of amides is 2. The van der Waals surface area contributed by atoms with Crippen LogP contribution in [-0.4, -0.2) is 23.3 Å². The van der Waals surface area contributed by atoms with Crippen LogP contribution in [0.25, 0.3) is 43.1 Å². The number of carbonyl (C=O) groups is 2. The Morgan fingerprint density at radius 1 is 0.677 bits per heavy atom. The van der Waals surface area contributed by atoms with Gasteiger partial charge in [-0.3, -0.25) is 14.5 Å². The van der Waals surface area contributed by atoms with Gasteiger partial charge in [-0.05, 0) is 62.3 Å². The molecule has 0 fully saturated rings. The molecule has 0 aromatic heterocycles. The van der Waals surface area contributed by atoms with Gasteiger partial charge in [0.2, 0.25) is 0 Å². The zero-order valence-electron chi connectivity index (χ0n) is 17.2. The lowest BCUT2D eigenvalue weighted by Crippen LogP contribution is -2.40. The number of halogens is 1. The van der Waals surface area contributed by atoms with Gasteiger partial charge in [-0.2, -0.15) is 0 Å². The summed E-state index contributed by atoms with van der Waals surface area (Å²) in [5.41, 5.74) is 1.28. The van der Waals surface area contributed by atoms with E-state index in [0.29, 0.717) is 17.7 Å². The Bertz CT molecular complexity index is 1480. The maximum absolute atomic E-state index is 13.3. The number of hydrogen-bond donors (Lipinski definition) is 0. The van der Waals surface area contributed by atoms with Gasteiger partial charge in [0, 0.05) is 27.5 Å². The van der Waals surface area contributed by atoms with Crippen molar-refractivity contribution in [1.82, 2.24) is 4.90 Å². The fraction of sp³-hybridized carbons (Fsp3) is 0.185. The summed E-state index contributed by atoms with van der Waals surface area (Å²) in [6, 6.07) is 18.5. The molecule has 1 heterocycles. The average molecular weight is 470 g/mol. The molecule has 0 N–H and O–H groups in total. The highest BCUT2D eigenvalue weighted by molar-refractivity contribution is 9.10. The first kappa shape index (κ1) is 18.8. The average Bonchev–Trinajstić information content (AvgIpc) is 2.79. The molecular weight excluding hydrogens is 450 g/mol. The summed E-state index contributed by atoms with van der Waals surface area (Å²) in [4.78, 5) is 28.1. The summed E-state index contributed by atoms with van der Waals surface area (Å²) in [6.45, 7) is 2.60. The fourth-order valence-corrected chi connectivity index (χ4v) is 5.69. The molecule has 6 rings (SSSR count). The third kappa shape index (κ3) is 2.45. The van der Waals surface area contributed by atoms with E-state index in [1.54, 1.807) is 0 Å². The standard InChI is InChI=1S/C27H20BrNO2/c1-2-3-4-14-29-26(30)20-10-8-17-15-6-5-7-19-22(28)13-12-16(23(15)19)18-9-11-21(27(29)31)25(20)24(17)18/h5-13H,2-4,14H2,1H3. The van der Waals surface area contributed by atoms with Crippen molar-refractivity contribution in [2.75, 3.05) is 6.54 Å². The van der Waals surface area contributed by atoms with E-state index in [9.17, 15) is 9.59 Å². The molecule has 0 saturated heterocycles. The number of unbranched alkanes of at least 4 members (excludes halogenated alkanes) is 2. The second-order valence-corrected chi connectivity index (χ2v) is 9.22. The zero-order chi connectivity index (χ0) is 21.3. The second-order valence-electron chi connectivity index (χ2n) is 8.36. The number of hydrogen-bond acceptors (Lipinski definition) is 2. The molecule has 1 aliphatic heterocycles. The molecule has 0 radical (unpaired) electrons. The Morgan fingerprint density at radius 2 is 1.26 bits per heavy atom. The van der Waals surface area contributed by atoms with Crippen molar-refractivity contribution in [3.63, 3.8) is 0 Å². The van der Waals surface area contributed by atoms with Crippen LogP contribution < -0.4 is 0 Å². The summed E-state index contributed by atoms with van der Waals surface area (Å²) in [5, 5.41) is 8.68. The first-order valence-electron chi connectivity index (χ1n) is 10.8. The molecule has 0 spiro atoms. The second kappa shape index (κ2) is 6.76. The summed E-state index contributed by atoms with van der Waals surface area (Å²) in [6.07, 6.45) is 2.90. The normalized spacial score (nSPS) is 14.1. The third-order valence-electron chi connectivity index (χ3n) is 6.66. The van der Waals surface area contributed by atoms with Gasteiger partial charge in [-0.1, -0.05) is 72.1 Å². The van der Waals surface area contributed by atoms with E-state index < -0.39 is 0 Å². The SMILES string of the molecule is CCCCCN1C(=O)c2ccc3c4cccc5c(Br)ccc(c6ccc(c2c36)C1=O)c54. The quantitative estimate of drug-likeness (QED) is 0.120. The summed E-state index contributed by atoms with van der Waals surface area (Å²) in [7, 11) is 0. The van der Waals surface area contributed by atoms with Crippen LogP contribution in [-0.2, 0) is 0 Å². The Kier molecular flexibility index (Phi) is 4.09. The number of imide groups is 1. The van der Waals surface area contributed by atoms with Crippen LogP contribution in [0.4, 0.5) is 0 Å². The van der Waals surface area contributed by atoms with E-state index in [2.05, 4.69) is 65.3 Å². The molecule has 31 heavy (non-hydrogen) atoms. The van der Waals surface area contributed by atoms with Gasteiger partial charge in [0.25, 0.3) is 11.8 Å².